The number of rotatable bonds is 2. The third-order valence-electron chi connectivity index (χ3n) is 3.65. The van der Waals surface area contributed by atoms with Crippen molar-refractivity contribution >= 4 is 22.8 Å². The first-order valence-electron chi connectivity index (χ1n) is 7.22. The maximum atomic E-state index is 12.2. The number of hydrazine groups is 1. The van der Waals surface area contributed by atoms with Crippen LogP contribution in [0.2, 0.25) is 0 Å². The molecule has 2 amide bonds. The number of carbonyl (C=O) groups excluding carboxylic acids is 2. The van der Waals surface area contributed by atoms with Gasteiger partial charge >= 0.3 is 5.91 Å². The molecule has 0 aliphatic carbocycles. The summed E-state index contributed by atoms with van der Waals surface area (Å²) < 4.78 is 5.55. The van der Waals surface area contributed by atoms with E-state index < -0.39 is 5.91 Å². The molecule has 0 bridgehead atoms. The number of nitrogens with one attached hydrogen (secondary N) is 2. The van der Waals surface area contributed by atoms with Crippen molar-refractivity contribution in [2.24, 2.45) is 0 Å². The molecule has 0 aliphatic heterocycles. The van der Waals surface area contributed by atoms with Gasteiger partial charge in [-0.2, -0.15) is 0 Å². The number of fused-ring (bicyclic) bond motifs is 1. The van der Waals surface area contributed by atoms with Gasteiger partial charge in [0.2, 0.25) is 0 Å². The Morgan fingerprint density at radius 3 is 2.22 bits per heavy atom. The Balaban J connectivity index is 1.72. The van der Waals surface area contributed by atoms with E-state index in [0.29, 0.717) is 11.1 Å². The summed E-state index contributed by atoms with van der Waals surface area (Å²) in [7, 11) is 0. The summed E-state index contributed by atoms with van der Waals surface area (Å²) in [4.78, 5) is 24.2. The van der Waals surface area contributed by atoms with E-state index in [-0.39, 0.29) is 11.7 Å². The van der Waals surface area contributed by atoms with Crippen LogP contribution in [-0.4, -0.2) is 11.8 Å². The van der Waals surface area contributed by atoms with E-state index in [1.165, 1.54) is 0 Å². The molecule has 23 heavy (non-hydrogen) atoms. The topological polar surface area (TPSA) is 71.3 Å². The first-order valence-corrected chi connectivity index (χ1v) is 7.22. The normalized spacial score (nSPS) is 10.5. The Kier molecular flexibility index (Phi) is 3.85. The lowest BCUT2D eigenvalue weighted by atomic mass is 10.1. The number of para-hydroxylation sites is 1. The molecule has 3 rings (SSSR count). The fourth-order valence-corrected chi connectivity index (χ4v) is 2.34. The maximum absolute atomic E-state index is 12.2. The fourth-order valence-electron chi connectivity index (χ4n) is 2.34. The van der Waals surface area contributed by atoms with Gasteiger partial charge in [-0.15, -0.1) is 0 Å². The smallest absolute Gasteiger partial charge is 0.305 e. The molecular formula is C18H16N2O3. The van der Waals surface area contributed by atoms with Crippen molar-refractivity contribution in [3.05, 3.63) is 71.0 Å². The maximum Gasteiger partial charge on any atom is 0.305 e. The molecule has 0 saturated heterocycles. The molecule has 0 fully saturated rings. The second-order valence-electron chi connectivity index (χ2n) is 5.33. The molecule has 0 aliphatic rings. The van der Waals surface area contributed by atoms with Gasteiger partial charge in [0.15, 0.2) is 5.76 Å². The van der Waals surface area contributed by atoms with Gasteiger partial charge in [0.05, 0.1) is 0 Å². The summed E-state index contributed by atoms with van der Waals surface area (Å²) in [6.07, 6.45) is 0. The van der Waals surface area contributed by atoms with Gasteiger partial charge in [0, 0.05) is 16.5 Å². The zero-order chi connectivity index (χ0) is 16.4. The first kappa shape index (κ1) is 14.8. The minimum atomic E-state index is -0.487. The van der Waals surface area contributed by atoms with Crippen molar-refractivity contribution in [2.45, 2.75) is 13.8 Å². The van der Waals surface area contributed by atoms with E-state index in [1.54, 1.807) is 18.2 Å². The molecule has 5 heteroatoms. The lowest BCUT2D eigenvalue weighted by Gasteiger charge is -2.06. The summed E-state index contributed by atoms with van der Waals surface area (Å²) in [5, 5.41) is 0.877. The molecule has 0 atom stereocenters. The highest BCUT2D eigenvalue weighted by molar-refractivity contribution is 6.01. The average molecular weight is 308 g/mol. The first-order chi connectivity index (χ1) is 11.1. The van der Waals surface area contributed by atoms with Crippen molar-refractivity contribution in [2.75, 3.05) is 0 Å². The minimum absolute atomic E-state index is 0.190. The fraction of sp³-hybridized carbons (Fsp3) is 0.111. The van der Waals surface area contributed by atoms with E-state index in [0.717, 1.165) is 16.5 Å². The summed E-state index contributed by atoms with van der Waals surface area (Å²) in [6.45, 7) is 3.75. The lowest BCUT2D eigenvalue weighted by molar-refractivity contribution is 0.0831. The second-order valence-corrected chi connectivity index (χ2v) is 5.33. The van der Waals surface area contributed by atoms with Crippen LogP contribution in [0.15, 0.2) is 52.9 Å². The number of hydrogen-bond acceptors (Lipinski definition) is 3. The Hall–Kier alpha value is -3.08. The zero-order valence-corrected chi connectivity index (χ0v) is 12.8. The summed E-state index contributed by atoms with van der Waals surface area (Å²) in [5.41, 5.74) is 7.68. The van der Waals surface area contributed by atoms with Crippen molar-refractivity contribution in [1.82, 2.24) is 10.9 Å². The van der Waals surface area contributed by atoms with E-state index in [9.17, 15) is 9.59 Å². The van der Waals surface area contributed by atoms with Gasteiger partial charge in [-0.1, -0.05) is 35.9 Å². The molecular weight excluding hydrogens is 292 g/mol. The summed E-state index contributed by atoms with van der Waals surface area (Å²) >= 11 is 0. The summed E-state index contributed by atoms with van der Waals surface area (Å²) in [5.74, 6) is -0.679. The number of amides is 2. The SMILES string of the molecule is Cc1ccc(C(=O)NNC(=O)c2oc3ccccc3c2C)cc1. The molecule has 2 aromatic carbocycles. The number of benzene rings is 2. The number of carbonyl (C=O) groups is 2. The van der Waals surface area contributed by atoms with Crippen molar-refractivity contribution in [1.29, 1.82) is 0 Å². The monoisotopic (exact) mass is 308 g/mol. The Morgan fingerprint density at radius 2 is 1.52 bits per heavy atom. The van der Waals surface area contributed by atoms with Crippen LogP contribution in [-0.2, 0) is 0 Å². The number of hydrogen-bond donors (Lipinski definition) is 2. The van der Waals surface area contributed by atoms with Crippen LogP contribution in [0.4, 0.5) is 0 Å². The highest BCUT2D eigenvalue weighted by atomic mass is 16.3. The van der Waals surface area contributed by atoms with E-state index in [4.69, 9.17) is 4.42 Å². The highest BCUT2D eigenvalue weighted by Gasteiger charge is 2.18. The number of furan rings is 1. The lowest BCUT2D eigenvalue weighted by Crippen LogP contribution is -2.41. The molecule has 0 saturated carbocycles. The average Bonchev–Trinajstić information content (AvgIpc) is 2.90. The third kappa shape index (κ3) is 2.94. The molecule has 116 valence electrons. The van der Waals surface area contributed by atoms with Crippen LogP contribution in [0.25, 0.3) is 11.0 Å². The van der Waals surface area contributed by atoms with Crippen LogP contribution in [0.5, 0.6) is 0 Å². The van der Waals surface area contributed by atoms with Crippen molar-refractivity contribution < 1.29 is 14.0 Å². The second kappa shape index (κ2) is 5.96. The van der Waals surface area contributed by atoms with E-state index in [2.05, 4.69) is 10.9 Å². The minimum Gasteiger partial charge on any atom is -0.451 e. The zero-order valence-electron chi connectivity index (χ0n) is 12.8. The van der Waals surface area contributed by atoms with Gasteiger partial charge in [-0.3, -0.25) is 20.4 Å². The van der Waals surface area contributed by atoms with Crippen molar-refractivity contribution in [3.8, 4) is 0 Å². The van der Waals surface area contributed by atoms with E-state index in [1.807, 2.05) is 44.2 Å². The van der Waals surface area contributed by atoms with Gasteiger partial charge < -0.3 is 4.42 Å². The van der Waals surface area contributed by atoms with Gasteiger partial charge in [-0.05, 0) is 32.0 Å². The molecule has 1 heterocycles. The van der Waals surface area contributed by atoms with E-state index >= 15 is 0 Å². The number of aryl methyl sites for hydroxylation is 2. The highest BCUT2D eigenvalue weighted by Crippen LogP contribution is 2.24. The third-order valence-corrected chi connectivity index (χ3v) is 3.65. The Morgan fingerprint density at radius 1 is 0.870 bits per heavy atom. The standard InChI is InChI=1S/C18H16N2O3/c1-11-7-9-13(10-8-11)17(21)19-20-18(22)16-12(2)14-5-3-4-6-15(14)23-16/h3-10H,1-2H3,(H,19,21)(H,20,22). The van der Waals surface area contributed by atoms with Crippen LogP contribution >= 0.6 is 0 Å². The molecule has 0 spiro atoms. The van der Waals surface area contributed by atoms with Crippen LogP contribution in [0.1, 0.15) is 32.0 Å². The largest absolute Gasteiger partial charge is 0.451 e. The molecule has 0 unspecified atom stereocenters. The predicted octanol–water partition coefficient (Wildman–Crippen LogP) is 3.12. The Labute approximate surface area is 133 Å². The van der Waals surface area contributed by atoms with Gasteiger partial charge in [0.25, 0.3) is 5.91 Å². The van der Waals surface area contributed by atoms with Gasteiger partial charge in [-0.25, -0.2) is 0 Å². The quantitative estimate of drug-likeness (QED) is 0.715. The molecule has 0 radical (unpaired) electrons. The predicted molar refractivity (Wildman–Crippen MR) is 87.1 cm³/mol. The van der Waals surface area contributed by atoms with Crippen molar-refractivity contribution in [3.63, 3.8) is 0 Å². The van der Waals surface area contributed by atoms with Gasteiger partial charge in [0.1, 0.15) is 5.58 Å². The summed E-state index contributed by atoms with van der Waals surface area (Å²) in [6, 6.07) is 14.5. The molecule has 1 aromatic heterocycles. The van der Waals surface area contributed by atoms with Crippen LogP contribution in [0, 0.1) is 13.8 Å². The molecule has 2 N–H and O–H groups in total. The molecule has 3 aromatic rings. The Bertz CT molecular complexity index is 879. The molecule has 5 nitrogen and oxygen atoms in total. The van der Waals surface area contributed by atoms with Crippen LogP contribution < -0.4 is 10.9 Å². The van der Waals surface area contributed by atoms with Crippen LogP contribution in [0.3, 0.4) is 0 Å².